The number of alkyl carbamates (subject to hydrolysis) is 1. The molecule has 2 aromatic carbocycles. The minimum Gasteiger partial charge on any atom is -0.465 e. The number of nitrogens with one attached hydrogen (secondary N) is 2. The smallest absolute Gasteiger partial charge is 0.408 e. The highest BCUT2D eigenvalue weighted by Crippen LogP contribution is 2.32. The Morgan fingerprint density at radius 1 is 1.00 bits per heavy atom. The summed E-state index contributed by atoms with van der Waals surface area (Å²) < 4.78 is 15.4. The van der Waals surface area contributed by atoms with Crippen LogP contribution in [0.3, 0.4) is 0 Å². The molecule has 2 amide bonds. The minimum absolute atomic E-state index is 0.0763. The molecule has 0 aliphatic carbocycles. The lowest BCUT2D eigenvalue weighted by Crippen LogP contribution is -2.31. The number of rotatable bonds is 11. The fraction of sp³-hybridized carbons (Fsp3) is 0.219. The molecule has 1 unspecified atom stereocenters. The van der Waals surface area contributed by atoms with E-state index in [-0.39, 0.29) is 19.1 Å². The summed E-state index contributed by atoms with van der Waals surface area (Å²) in [5.41, 5.74) is 3.76. The molecule has 2 heterocycles. The summed E-state index contributed by atoms with van der Waals surface area (Å²) in [6, 6.07) is 20.6. The van der Waals surface area contributed by atoms with Gasteiger partial charge in [0, 0.05) is 18.5 Å². The summed E-state index contributed by atoms with van der Waals surface area (Å²) in [7, 11) is 1.31. The SMILES string of the molecule is COC(=O)c1ccc(C(NC(=O)OCc2ccccc2)/C(=C/[C@@H](C)C(=O)NCc2cc(C)on2)c2cccnc2)cc1. The average Bonchev–Trinajstić information content (AvgIpc) is 3.45. The monoisotopic (exact) mass is 568 g/mol. The summed E-state index contributed by atoms with van der Waals surface area (Å²) in [5.74, 6) is -0.683. The van der Waals surface area contributed by atoms with Crippen LogP contribution in [0.15, 0.2) is 95.8 Å². The van der Waals surface area contributed by atoms with Crippen LogP contribution in [0.2, 0.25) is 0 Å². The number of pyridine rings is 1. The van der Waals surface area contributed by atoms with Gasteiger partial charge in [-0.1, -0.05) is 66.7 Å². The van der Waals surface area contributed by atoms with E-state index in [4.69, 9.17) is 14.0 Å². The van der Waals surface area contributed by atoms with Gasteiger partial charge >= 0.3 is 12.1 Å². The van der Waals surface area contributed by atoms with Gasteiger partial charge < -0.3 is 24.6 Å². The van der Waals surface area contributed by atoms with Crippen molar-refractivity contribution in [2.24, 2.45) is 5.92 Å². The zero-order valence-electron chi connectivity index (χ0n) is 23.6. The number of esters is 1. The summed E-state index contributed by atoms with van der Waals surface area (Å²) in [5, 5.41) is 9.72. The number of hydrogen-bond donors (Lipinski definition) is 2. The third-order valence-electron chi connectivity index (χ3n) is 6.41. The maximum Gasteiger partial charge on any atom is 0.408 e. The molecule has 2 N–H and O–H groups in total. The van der Waals surface area contributed by atoms with Crippen molar-refractivity contribution in [1.29, 1.82) is 0 Å². The number of amides is 2. The molecule has 2 aromatic heterocycles. The van der Waals surface area contributed by atoms with Crippen molar-refractivity contribution < 1.29 is 28.4 Å². The van der Waals surface area contributed by atoms with Crippen molar-refractivity contribution in [2.45, 2.75) is 33.0 Å². The molecule has 4 rings (SSSR count). The number of ether oxygens (including phenoxy) is 2. The van der Waals surface area contributed by atoms with Crippen molar-refractivity contribution in [2.75, 3.05) is 7.11 Å². The van der Waals surface area contributed by atoms with Gasteiger partial charge in [0.25, 0.3) is 0 Å². The first-order valence-electron chi connectivity index (χ1n) is 13.3. The second kappa shape index (κ2) is 14.4. The normalized spacial score (nSPS) is 12.6. The molecule has 0 saturated heterocycles. The minimum atomic E-state index is -0.752. The van der Waals surface area contributed by atoms with Crippen LogP contribution in [0.1, 0.15) is 51.5 Å². The highest BCUT2D eigenvalue weighted by atomic mass is 16.5. The van der Waals surface area contributed by atoms with Gasteiger partial charge in [0.05, 0.1) is 31.2 Å². The van der Waals surface area contributed by atoms with E-state index >= 15 is 0 Å². The molecular weight excluding hydrogens is 536 g/mol. The molecule has 0 saturated carbocycles. The van der Waals surface area contributed by atoms with Crippen molar-refractivity contribution >= 4 is 23.5 Å². The summed E-state index contributed by atoms with van der Waals surface area (Å²) in [6.07, 6.45) is 4.41. The second-order valence-corrected chi connectivity index (χ2v) is 9.55. The molecule has 0 aliphatic rings. The summed E-state index contributed by atoms with van der Waals surface area (Å²) in [4.78, 5) is 42.5. The molecule has 216 valence electrons. The van der Waals surface area contributed by atoms with Gasteiger partial charge in [-0.3, -0.25) is 9.78 Å². The second-order valence-electron chi connectivity index (χ2n) is 9.55. The Morgan fingerprint density at radius 3 is 2.40 bits per heavy atom. The fourth-order valence-corrected chi connectivity index (χ4v) is 4.23. The van der Waals surface area contributed by atoms with E-state index in [9.17, 15) is 14.4 Å². The maximum atomic E-state index is 13.1. The largest absolute Gasteiger partial charge is 0.465 e. The Hall–Kier alpha value is -5.25. The molecule has 4 aromatic rings. The Morgan fingerprint density at radius 2 is 1.76 bits per heavy atom. The lowest BCUT2D eigenvalue weighted by Gasteiger charge is -2.24. The Kier molecular flexibility index (Phi) is 10.2. The fourth-order valence-electron chi connectivity index (χ4n) is 4.23. The van der Waals surface area contributed by atoms with Gasteiger partial charge in [-0.15, -0.1) is 0 Å². The topological polar surface area (TPSA) is 133 Å². The Balaban J connectivity index is 1.65. The van der Waals surface area contributed by atoms with Gasteiger partial charge in [0.2, 0.25) is 5.91 Å². The predicted octanol–water partition coefficient (Wildman–Crippen LogP) is 5.17. The zero-order chi connectivity index (χ0) is 29.9. The first kappa shape index (κ1) is 29.7. The van der Waals surface area contributed by atoms with Crippen LogP contribution < -0.4 is 10.6 Å². The van der Waals surface area contributed by atoms with E-state index in [0.717, 1.165) is 5.56 Å². The number of benzene rings is 2. The standard InChI is InChI=1S/C32H32N4O6/c1-21(30(37)34-19-27-17-22(2)42-36-27)16-28(26-10-7-15-33-18-26)29(24-11-13-25(14-12-24)31(38)40-3)35-32(39)41-20-23-8-5-4-6-9-23/h4-18,21,29H,19-20H2,1-3H3,(H,34,37)(H,35,39)/b28-16+/t21-,29?/m1/s1. The van der Waals surface area contributed by atoms with E-state index in [1.165, 1.54) is 7.11 Å². The van der Waals surface area contributed by atoms with Crippen LogP contribution in [-0.2, 0) is 27.4 Å². The molecule has 10 heteroatoms. The van der Waals surface area contributed by atoms with E-state index in [2.05, 4.69) is 20.8 Å². The third-order valence-corrected chi connectivity index (χ3v) is 6.41. The van der Waals surface area contributed by atoms with Crippen LogP contribution in [0.5, 0.6) is 0 Å². The number of methoxy groups -OCH3 is 1. The third kappa shape index (κ3) is 8.14. The highest BCUT2D eigenvalue weighted by Gasteiger charge is 2.24. The van der Waals surface area contributed by atoms with Gasteiger partial charge in [-0.05, 0) is 47.4 Å². The van der Waals surface area contributed by atoms with Gasteiger partial charge in [0.15, 0.2) is 0 Å². The lowest BCUT2D eigenvalue weighted by atomic mass is 9.90. The predicted molar refractivity (Wildman–Crippen MR) is 155 cm³/mol. The van der Waals surface area contributed by atoms with E-state index in [1.54, 1.807) is 68.7 Å². The van der Waals surface area contributed by atoms with E-state index in [0.29, 0.717) is 33.7 Å². The summed E-state index contributed by atoms with van der Waals surface area (Å²) in [6.45, 7) is 3.82. The molecule has 0 spiro atoms. The number of carbonyl (C=O) groups excluding carboxylic acids is 3. The van der Waals surface area contributed by atoms with Crippen molar-refractivity contribution in [3.05, 3.63) is 125 Å². The number of aromatic nitrogens is 2. The van der Waals surface area contributed by atoms with E-state index in [1.807, 2.05) is 36.4 Å². The Bertz CT molecular complexity index is 1520. The number of aryl methyl sites for hydroxylation is 1. The number of carbonyl (C=O) groups is 3. The van der Waals surface area contributed by atoms with E-state index < -0.39 is 24.0 Å². The van der Waals surface area contributed by atoms with Crippen molar-refractivity contribution in [3.8, 4) is 0 Å². The molecule has 0 aliphatic heterocycles. The van der Waals surface area contributed by atoms with Crippen LogP contribution in [0, 0.1) is 12.8 Å². The number of hydrogen-bond acceptors (Lipinski definition) is 8. The van der Waals surface area contributed by atoms with Crippen LogP contribution in [-0.4, -0.2) is 35.2 Å². The molecular formula is C32H32N4O6. The Labute approximate surface area is 243 Å². The summed E-state index contributed by atoms with van der Waals surface area (Å²) >= 11 is 0. The van der Waals surface area contributed by atoms with Crippen molar-refractivity contribution in [1.82, 2.24) is 20.8 Å². The highest BCUT2D eigenvalue weighted by molar-refractivity contribution is 5.89. The molecule has 42 heavy (non-hydrogen) atoms. The average molecular weight is 569 g/mol. The molecule has 0 fully saturated rings. The molecule has 2 atom stereocenters. The van der Waals surface area contributed by atoms with Crippen LogP contribution in [0.4, 0.5) is 4.79 Å². The first-order chi connectivity index (χ1) is 20.3. The van der Waals surface area contributed by atoms with Crippen LogP contribution in [0.25, 0.3) is 5.57 Å². The zero-order valence-corrected chi connectivity index (χ0v) is 23.6. The van der Waals surface area contributed by atoms with Crippen LogP contribution >= 0.6 is 0 Å². The molecule has 0 bridgehead atoms. The maximum absolute atomic E-state index is 13.1. The van der Waals surface area contributed by atoms with Crippen molar-refractivity contribution in [3.63, 3.8) is 0 Å². The first-order valence-corrected chi connectivity index (χ1v) is 13.3. The lowest BCUT2D eigenvalue weighted by molar-refractivity contribution is -0.123. The molecule has 0 radical (unpaired) electrons. The number of nitrogens with zero attached hydrogens (tertiary/aromatic N) is 2. The van der Waals surface area contributed by atoms with Gasteiger partial charge in [-0.25, -0.2) is 9.59 Å². The molecule has 10 nitrogen and oxygen atoms in total. The quantitative estimate of drug-likeness (QED) is 0.237. The van der Waals surface area contributed by atoms with Gasteiger partial charge in [0.1, 0.15) is 18.1 Å². The van der Waals surface area contributed by atoms with Gasteiger partial charge in [-0.2, -0.15) is 0 Å².